The minimum atomic E-state index is -0.818. The van der Waals surface area contributed by atoms with Crippen molar-refractivity contribution in [1.82, 2.24) is 0 Å². The average molecular weight is 515 g/mol. The van der Waals surface area contributed by atoms with Crippen LogP contribution in [0.25, 0.3) is 0 Å². The number of fused-ring (bicyclic) bond motifs is 1. The molecule has 1 aliphatic heterocycles. The topological polar surface area (TPSA) is 149 Å². The molecule has 0 saturated carbocycles. The molecule has 9 heteroatoms. The van der Waals surface area contributed by atoms with Gasteiger partial charge >= 0.3 is 18.0 Å². The lowest BCUT2D eigenvalue weighted by atomic mass is 9.83. The van der Waals surface area contributed by atoms with E-state index in [1.54, 1.807) is 55.5 Å². The van der Waals surface area contributed by atoms with Crippen LogP contribution in [0.15, 0.2) is 78.9 Å². The number of primary amides is 1. The molecular formula is C29H30N4O5. The van der Waals surface area contributed by atoms with Crippen LogP contribution in [-0.4, -0.2) is 29.8 Å². The van der Waals surface area contributed by atoms with E-state index in [-0.39, 0.29) is 25.3 Å². The zero-order valence-corrected chi connectivity index (χ0v) is 21.0. The SMILES string of the molecule is CC1C(C(=O)OCc2ccccc2)Cc2ccc(C(=N)N)cc2N(C(N)=O)C1CC(=O)Oc1ccccc1. The van der Waals surface area contributed by atoms with E-state index in [0.29, 0.717) is 22.6 Å². The second-order valence-corrected chi connectivity index (χ2v) is 9.29. The number of nitrogen functional groups attached to an aromatic ring is 1. The molecule has 0 saturated heterocycles. The monoisotopic (exact) mass is 514 g/mol. The van der Waals surface area contributed by atoms with Crippen LogP contribution in [0.3, 0.4) is 0 Å². The molecule has 9 nitrogen and oxygen atoms in total. The molecular weight excluding hydrogens is 484 g/mol. The van der Waals surface area contributed by atoms with Gasteiger partial charge in [-0.1, -0.05) is 67.6 Å². The Bertz CT molecular complexity index is 1330. The number of amidine groups is 1. The minimum absolute atomic E-state index is 0.0965. The minimum Gasteiger partial charge on any atom is -0.461 e. The van der Waals surface area contributed by atoms with Crippen molar-refractivity contribution in [2.75, 3.05) is 4.90 Å². The summed E-state index contributed by atoms with van der Waals surface area (Å²) in [5.41, 5.74) is 13.8. The van der Waals surface area contributed by atoms with E-state index in [2.05, 4.69) is 0 Å². The summed E-state index contributed by atoms with van der Waals surface area (Å²) in [7, 11) is 0. The van der Waals surface area contributed by atoms with Gasteiger partial charge in [-0.15, -0.1) is 0 Å². The van der Waals surface area contributed by atoms with Crippen molar-refractivity contribution < 1.29 is 23.9 Å². The van der Waals surface area contributed by atoms with Crippen LogP contribution in [0.1, 0.15) is 30.0 Å². The molecule has 38 heavy (non-hydrogen) atoms. The Labute approximate surface area is 220 Å². The van der Waals surface area contributed by atoms with Crippen molar-refractivity contribution in [3.63, 3.8) is 0 Å². The molecule has 0 aliphatic carbocycles. The molecule has 0 aromatic heterocycles. The van der Waals surface area contributed by atoms with Gasteiger partial charge in [0.25, 0.3) is 0 Å². The Morgan fingerprint density at radius 1 is 0.974 bits per heavy atom. The third kappa shape index (κ3) is 6.00. The number of anilines is 1. The number of amides is 2. The molecule has 4 rings (SSSR count). The maximum absolute atomic E-state index is 13.4. The van der Waals surface area contributed by atoms with Crippen LogP contribution in [0.2, 0.25) is 0 Å². The van der Waals surface area contributed by atoms with Crippen molar-refractivity contribution in [2.24, 2.45) is 23.3 Å². The van der Waals surface area contributed by atoms with Crippen molar-refractivity contribution in [3.8, 4) is 5.75 Å². The fourth-order valence-corrected chi connectivity index (χ4v) is 4.76. The quantitative estimate of drug-likeness (QED) is 0.189. The Kier molecular flexibility index (Phi) is 8.06. The van der Waals surface area contributed by atoms with Crippen LogP contribution in [-0.2, 0) is 27.4 Å². The lowest BCUT2D eigenvalue weighted by Gasteiger charge is -2.34. The highest BCUT2D eigenvalue weighted by Crippen LogP contribution is 2.38. The number of urea groups is 1. The number of hydrogen-bond donors (Lipinski definition) is 3. The maximum atomic E-state index is 13.4. The van der Waals surface area contributed by atoms with Crippen LogP contribution in [0.5, 0.6) is 5.75 Å². The lowest BCUT2D eigenvalue weighted by molar-refractivity contribution is -0.152. The molecule has 3 aromatic rings. The molecule has 1 aliphatic rings. The largest absolute Gasteiger partial charge is 0.461 e. The number of para-hydroxylation sites is 1. The van der Waals surface area contributed by atoms with Crippen molar-refractivity contribution in [1.29, 1.82) is 5.41 Å². The number of ether oxygens (including phenoxy) is 2. The third-order valence-electron chi connectivity index (χ3n) is 6.78. The Balaban J connectivity index is 1.69. The molecule has 0 fully saturated rings. The molecule has 5 N–H and O–H groups in total. The molecule has 1 heterocycles. The highest BCUT2D eigenvalue weighted by Gasteiger charge is 2.42. The second kappa shape index (κ2) is 11.6. The van der Waals surface area contributed by atoms with Crippen LogP contribution in [0.4, 0.5) is 10.5 Å². The number of carbonyl (C=O) groups excluding carboxylic acids is 3. The molecule has 0 radical (unpaired) electrons. The first-order valence-corrected chi connectivity index (χ1v) is 12.3. The third-order valence-corrected chi connectivity index (χ3v) is 6.78. The fraction of sp³-hybridized carbons (Fsp3) is 0.241. The normalized spacial score (nSPS) is 18.6. The molecule has 3 atom stereocenters. The number of carbonyl (C=O) groups is 3. The van der Waals surface area contributed by atoms with Crippen LogP contribution in [0, 0.1) is 17.2 Å². The van der Waals surface area contributed by atoms with Gasteiger partial charge in [0.15, 0.2) is 0 Å². The van der Waals surface area contributed by atoms with E-state index in [0.717, 1.165) is 5.56 Å². The van der Waals surface area contributed by atoms with Crippen molar-refractivity contribution in [2.45, 2.75) is 32.4 Å². The van der Waals surface area contributed by atoms with Crippen LogP contribution < -0.4 is 21.1 Å². The number of nitrogens with one attached hydrogen (secondary N) is 1. The predicted molar refractivity (Wildman–Crippen MR) is 143 cm³/mol. The number of benzene rings is 3. The summed E-state index contributed by atoms with van der Waals surface area (Å²) in [5, 5.41) is 7.85. The van der Waals surface area contributed by atoms with Crippen molar-refractivity contribution in [3.05, 3.63) is 95.6 Å². The van der Waals surface area contributed by atoms with E-state index in [1.807, 2.05) is 30.3 Å². The first kappa shape index (κ1) is 26.4. The smallest absolute Gasteiger partial charge is 0.319 e. The molecule has 3 aromatic carbocycles. The first-order valence-electron chi connectivity index (χ1n) is 12.3. The van der Waals surface area contributed by atoms with E-state index >= 15 is 0 Å². The molecule has 0 bridgehead atoms. The Morgan fingerprint density at radius 2 is 1.63 bits per heavy atom. The first-order chi connectivity index (χ1) is 18.2. The zero-order chi connectivity index (χ0) is 27.2. The van der Waals surface area contributed by atoms with E-state index in [1.165, 1.54) is 4.90 Å². The van der Waals surface area contributed by atoms with E-state index in [9.17, 15) is 14.4 Å². The van der Waals surface area contributed by atoms with Gasteiger partial charge in [-0.3, -0.25) is 19.9 Å². The number of nitrogens with zero attached hydrogens (tertiary/aromatic N) is 1. The standard InChI is InChI=1S/C29H30N4O5/c1-18-23(28(35)37-17-19-8-4-2-5-9-19)14-20-12-13-21(27(30)31)15-25(20)33(29(32)36)24(18)16-26(34)38-22-10-6-3-7-11-22/h2-13,15,18,23-24H,14,16-17H2,1H3,(H3,30,31)(H2,32,36). The maximum Gasteiger partial charge on any atom is 0.319 e. The highest BCUT2D eigenvalue weighted by molar-refractivity contribution is 5.99. The van der Waals surface area contributed by atoms with Gasteiger partial charge < -0.3 is 20.9 Å². The summed E-state index contributed by atoms with van der Waals surface area (Å²) in [5.74, 6) is -2.06. The van der Waals surface area contributed by atoms with E-state index < -0.39 is 35.8 Å². The lowest BCUT2D eigenvalue weighted by Crippen LogP contribution is -2.50. The number of esters is 2. The summed E-state index contributed by atoms with van der Waals surface area (Å²) in [6.45, 7) is 1.89. The Morgan fingerprint density at radius 3 is 2.26 bits per heavy atom. The summed E-state index contributed by atoms with van der Waals surface area (Å²) in [6, 6.07) is 21.2. The highest BCUT2D eigenvalue weighted by atomic mass is 16.5. The van der Waals surface area contributed by atoms with E-state index in [4.69, 9.17) is 26.4 Å². The zero-order valence-electron chi connectivity index (χ0n) is 21.0. The van der Waals surface area contributed by atoms with Gasteiger partial charge in [0, 0.05) is 11.3 Å². The van der Waals surface area contributed by atoms with Crippen molar-refractivity contribution >= 4 is 29.5 Å². The average Bonchev–Trinajstić information content (AvgIpc) is 3.02. The summed E-state index contributed by atoms with van der Waals surface area (Å²) < 4.78 is 11.2. The number of nitrogens with two attached hydrogens (primary N) is 2. The van der Waals surface area contributed by atoms with Crippen LogP contribution >= 0.6 is 0 Å². The van der Waals surface area contributed by atoms with Gasteiger partial charge in [0.2, 0.25) is 0 Å². The predicted octanol–water partition coefficient (Wildman–Crippen LogP) is 3.77. The van der Waals surface area contributed by atoms with Gasteiger partial charge in [0.05, 0.1) is 18.4 Å². The molecule has 3 unspecified atom stereocenters. The molecule has 196 valence electrons. The summed E-state index contributed by atoms with van der Waals surface area (Å²) >= 11 is 0. The Hall–Kier alpha value is -4.66. The second-order valence-electron chi connectivity index (χ2n) is 9.29. The van der Waals surface area contributed by atoms with Gasteiger partial charge in [0.1, 0.15) is 18.2 Å². The summed E-state index contributed by atoms with van der Waals surface area (Å²) in [6.07, 6.45) is 0.0293. The van der Waals surface area contributed by atoms with Gasteiger partial charge in [-0.25, -0.2) is 4.79 Å². The van der Waals surface area contributed by atoms with Gasteiger partial charge in [-0.05, 0) is 41.7 Å². The number of hydrogen-bond acceptors (Lipinski definition) is 6. The number of rotatable bonds is 7. The summed E-state index contributed by atoms with van der Waals surface area (Å²) in [4.78, 5) is 40.5. The molecule has 2 amide bonds. The van der Waals surface area contributed by atoms with Gasteiger partial charge in [-0.2, -0.15) is 0 Å². The fourth-order valence-electron chi connectivity index (χ4n) is 4.76. The molecule has 0 spiro atoms.